The lowest BCUT2D eigenvalue weighted by molar-refractivity contribution is 0.0955. The van der Waals surface area contributed by atoms with E-state index in [1.165, 1.54) is 30.5 Å². The lowest BCUT2D eigenvalue weighted by Gasteiger charge is -2.10. The highest BCUT2D eigenvalue weighted by molar-refractivity contribution is 7.92. The molecule has 0 saturated heterocycles. The first kappa shape index (κ1) is 25.0. The number of hydrogen-bond acceptors (Lipinski definition) is 5. The molecule has 0 aliphatic heterocycles. The molecule has 182 valence electrons. The maximum absolute atomic E-state index is 12.7. The third kappa shape index (κ3) is 6.71. The molecule has 0 atom stereocenters. The molecule has 1 amide bonds. The second kappa shape index (κ2) is 11.5. The first-order chi connectivity index (χ1) is 17.4. The number of hydrazone groups is 1. The van der Waals surface area contributed by atoms with Crippen molar-refractivity contribution in [2.75, 3.05) is 4.72 Å². The summed E-state index contributed by atoms with van der Waals surface area (Å²) in [4.78, 5) is 12.4. The van der Waals surface area contributed by atoms with Crippen LogP contribution in [0.3, 0.4) is 0 Å². The molecule has 4 aromatic rings. The first-order valence-corrected chi connectivity index (χ1v) is 12.7. The summed E-state index contributed by atoms with van der Waals surface area (Å²) in [6.45, 7) is 0.465. The third-order valence-electron chi connectivity index (χ3n) is 5.03. The van der Waals surface area contributed by atoms with Crippen LogP contribution < -0.4 is 14.9 Å². The molecular formula is C27H22ClN3O4S. The van der Waals surface area contributed by atoms with Crippen LogP contribution in [0.25, 0.3) is 0 Å². The number of benzene rings is 4. The molecule has 0 aliphatic rings. The van der Waals surface area contributed by atoms with E-state index in [0.717, 1.165) is 11.1 Å². The minimum absolute atomic E-state index is 0.0786. The number of halogens is 1. The molecule has 2 N–H and O–H groups in total. The van der Waals surface area contributed by atoms with E-state index >= 15 is 0 Å². The number of nitrogens with one attached hydrogen (secondary N) is 2. The molecule has 0 aliphatic carbocycles. The van der Waals surface area contributed by atoms with E-state index in [2.05, 4.69) is 15.2 Å². The number of rotatable bonds is 9. The number of amides is 1. The first-order valence-electron chi connectivity index (χ1n) is 10.9. The van der Waals surface area contributed by atoms with Crippen LogP contribution in [0.5, 0.6) is 5.75 Å². The summed E-state index contributed by atoms with van der Waals surface area (Å²) in [5.74, 6) is 0.160. The van der Waals surface area contributed by atoms with E-state index in [-0.39, 0.29) is 21.2 Å². The maximum atomic E-state index is 12.7. The Kier molecular flexibility index (Phi) is 7.99. The second-order valence-corrected chi connectivity index (χ2v) is 9.75. The Morgan fingerprint density at radius 2 is 1.61 bits per heavy atom. The van der Waals surface area contributed by atoms with Crippen molar-refractivity contribution in [3.63, 3.8) is 0 Å². The molecule has 9 heteroatoms. The largest absolute Gasteiger partial charge is 0.489 e. The maximum Gasteiger partial charge on any atom is 0.271 e. The second-order valence-electron chi connectivity index (χ2n) is 7.66. The molecular weight excluding hydrogens is 498 g/mol. The van der Waals surface area contributed by atoms with Crippen molar-refractivity contribution in [1.82, 2.24) is 5.43 Å². The zero-order valence-corrected chi connectivity index (χ0v) is 20.5. The van der Waals surface area contributed by atoms with Gasteiger partial charge in [-0.3, -0.25) is 9.52 Å². The van der Waals surface area contributed by atoms with E-state index < -0.39 is 15.9 Å². The molecule has 0 spiro atoms. The minimum Gasteiger partial charge on any atom is -0.489 e. The fourth-order valence-corrected chi connectivity index (χ4v) is 4.54. The van der Waals surface area contributed by atoms with Crippen molar-refractivity contribution in [2.45, 2.75) is 11.5 Å². The Balaban J connectivity index is 1.35. The molecule has 36 heavy (non-hydrogen) atoms. The Morgan fingerprint density at radius 3 is 2.36 bits per heavy atom. The van der Waals surface area contributed by atoms with Gasteiger partial charge in [0.1, 0.15) is 12.4 Å². The molecule has 0 radical (unpaired) electrons. The van der Waals surface area contributed by atoms with E-state index in [9.17, 15) is 13.2 Å². The van der Waals surface area contributed by atoms with Crippen LogP contribution in [-0.4, -0.2) is 20.5 Å². The van der Waals surface area contributed by atoms with Crippen LogP contribution in [-0.2, 0) is 16.6 Å². The molecule has 4 rings (SSSR count). The third-order valence-corrected chi connectivity index (χ3v) is 6.73. The van der Waals surface area contributed by atoms with Crippen molar-refractivity contribution < 1.29 is 17.9 Å². The standard InChI is InChI=1S/C27H22ClN3O4S/c28-25-11-4-5-12-26(25)31-36(33,34)24-10-6-9-22(17-24)27(32)30-29-18-20-13-15-23(16-14-20)35-19-21-7-2-1-3-8-21/h1-18,31H,19H2,(H,30,32)/b29-18-. The summed E-state index contributed by atoms with van der Waals surface area (Å²) in [5, 5.41) is 4.23. The summed E-state index contributed by atoms with van der Waals surface area (Å²) in [6.07, 6.45) is 1.48. The van der Waals surface area contributed by atoms with Crippen LogP contribution in [0.4, 0.5) is 5.69 Å². The van der Waals surface area contributed by atoms with Crippen LogP contribution in [0.15, 0.2) is 113 Å². The number of ether oxygens (including phenoxy) is 1. The van der Waals surface area contributed by atoms with Crippen molar-refractivity contribution in [3.8, 4) is 5.75 Å². The number of hydrogen-bond donors (Lipinski definition) is 2. The van der Waals surface area contributed by atoms with Gasteiger partial charge in [0.2, 0.25) is 0 Å². The van der Waals surface area contributed by atoms with Crippen LogP contribution >= 0.6 is 11.6 Å². The van der Waals surface area contributed by atoms with Crippen LogP contribution in [0.1, 0.15) is 21.5 Å². The van der Waals surface area contributed by atoms with Gasteiger partial charge in [-0.05, 0) is 65.7 Å². The number of carbonyl (C=O) groups is 1. The molecule has 0 bridgehead atoms. The van der Waals surface area contributed by atoms with Gasteiger partial charge in [0.15, 0.2) is 0 Å². The summed E-state index contributed by atoms with van der Waals surface area (Å²) in [5.41, 5.74) is 4.62. The molecule has 0 aromatic heterocycles. The molecule has 0 unspecified atom stereocenters. The topological polar surface area (TPSA) is 96.9 Å². The zero-order chi connectivity index (χ0) is 25.4. The number of sulfonamides is 1. The SMILES string of the molecule is O=C(N/N=C\c1ccc(OCc2ccccc2)cc1)c1cccc(S(=O)(=O)Nc2ccccc2Cl)c1. The van der Waals surface area contributed by atoms with Crippen LogP contribution in [0.2, 0.25) is 5.02 Å². The lowest BCUT2D eigenvalue weighted by atomic mass is 10.2. The van der Waals surface area contributed by atoms with E-state index in [0.29, 0.717) is 12.4 Å². The highest BCUT2D eigenvalue weighted by Gasteiger charge is 2.17. The lowest BCUT2D eigenvalue weighted by Crippen LogP contribution is -2.19. The predicted octanol–water partition coefficient (Wildman–Crippen LogP) is 5.48. The Labute approximate surface area is 214 Å². The van der Waals surface area contributed by atoms with Crippen molar-refractivity contribution in [3.05, 3.63) is 125 Å². The summed E-state index contributed by atoms with van der Waals surface area (Å²) < 4.78 is 33.7. The van der Waals surface area contributed by atoms with E-state index in [1.54, 1.807) is 24.3 Å². The Bertz CT molecular complexity index is 1470. The van der Waals surface area contributed by atoms with Crippen molar-refractivity contribution >= 4 is 39.4 Å². The zero-order valence-electron chi connectivity index (χ0n) is 19.0. The van der Waals surface area contributed by atoms with Gasteiger partial charge in [-0.2, -0.15) is 5.10 Å². The van der Waals surface area contributed by atoms with Gasteiger partial charge in [0.25, 0.3) is 15.9 Å². The fourth-order valence-electron chi connectivity index (χ4n) is 3.17. The number of carbonyl (C=O) groups excluding carboxylic acids is 1. The average Bonchev–Trinajstić information content (AvgIpc) is 2.90. The summed E-state index contributed by atoms with van der Waals surface area (Å²) in [6, 6.07) is 29.2. The van der Waals surface area contributed by atoms with Gasteiger partial charge in [0.05, 0.1) is 21.8 Å². The van der Waals surface area contributed by atoms with Gasteiger partial charge in [-0.15, -0.1) is 0 Å². The fraction of sp³-hybridized carbons (Fsp3) is 0.0370. The monoisotopic (exact) mass is 519 g/mol. The minimum atomic E-state index is -3.95. The van der Waals surface area contributed by atoms with Gasteiger partial charge >= 0.3 is 0 Å². The van der Waals surface area contributed by atoms with E-state index in [1.807, 2.05) is 54.6 Å². The molecule has 7 nitrogen and oxygen atoms in total. The van der Waals surface area contributed by atoms with E-state index in [4.69, 9.17) is 16.3 Å². The van der Waals surface area contributed by atoms with Gasteiger partial charge in [-0.1, -0.05) is 60.1 Å². The molecule has 4 aromatic carbocycles. The molecule has 0 saturated carbocycles. The Morgan fingerprint density at radius 1 is 0.889 bits per heavy atom. The Hall–Kier alpha value is -4.14. The normalized spacial score (nSPS) is 11.2. The molecule has 0 heterocycles. The molecule has 0 fully saturated rings. The summed E-state index contributed by atoms with van der Waals surface area (Å²) in [7, 11) is -3.95. The quantitative estimate of drug-likeness (QED) is 0.226. The average molecular weight is 520 g/mol. The van der Waals surface area contributed by atoms with Gasteiger partial charge in [-0.25, -0.2) is 13.8 Å². The van der Waals surface area contributed by atoms with Gasteiger partial charge < -0.3 is 4.74 Å². The van der Waals surface area contributed by atoms with Crippen molar-refractivity contribution in [1.29, 1.82) is 0 Å². The van der Waals surface area contributed by atoms with Crippen LogP contribution in [0, 0.1) is 0 Å². The highest BCUT2D eigenvalue weighted by atomic mass is 35.5. The van der Waals surface area contributed by atoms with Gasteiger partial charge in [0, 0.05) is 5.56 Å². The summed E-state index contributed by atoms with van der Waals surface area (Å²) >= 11 is 6.04. The number of para-hydroxylation sites is 1. The smallest absolute Gasteiger partial charge is 0.271 e. The van der Waals surface area contributed by atoms with Crippen molar-refractivity contribution in [2.24, 2.45) is 5.10 Å². The number of anilines is 1. The predicted molar refractivity (Wildman–Crippen MR) is 141 cm³/mol. The number of nitrogens with zero attached hydrogens (tertiary/aromatic N) is 1. The highest BCUT2D eigenvalue weighted by Crippen LogP contribution is 2.24.